The molecule has 1 aliphatic rings. The van der Waals surface area contributed by atoms with Gasteiger partial charge in [0.2, 0.25) is 0 Å². The molecule has 4 atom stereocenters. The zero-order valence-corrected chi connectivity index (χ0v) is 17.3. The number of aliphatic hydroxyl groups is 2. The van der Waals surface area contributed by atoms with E-state index in [1.54, 1.807) is 6.08 Å². The van der Waals surface area contributed by atoms with Crippen LogP contribution in [0.5, 0.6) is 0 Å². The lowest BCUT2D eigenvalue weighted by Gasteiger charge is -2.23. The van der Waals surface area contributed by atoms with Crippen LogP contribution in [0, 0.1) is 11.8 Å². The lowest BCUT2D eigenvalue weighted by Crippen LogP contribution is -2.25. The quantitative estimate of drug-likeness (QED) is 0.282. The number of unbranched alkanes of at least 4 members (excludes halogenated alkanes) is 2. The highest BCUT2D eigenvalue weighted by Crippen LogP contribution is 2.34. The van der Waals surface area contributed by atoms with Crippen molar-refractivity contribution < 1.29 is 24.5 Å². The molecule has 28 heavy (non-hydrogen) atoms. The van der Waals surface area contributed by atoms with Gasteiger partial charge in [0.05, 0.1) is 18.8 Å². The van der Waals surface area contributed by atoms with Gasteiger partial charge < -0.3 is 14.9 Å². The van der Waals surface area contributed by atoms with E-state index < -0.39 is 11.7 Å². The number of Topliss-reactive ketones (excluding diaryl/α,β-unsaturated/α-hetero) is 1. The number of carbonyl (C=O) groups is 2. The molecule has 158 valence electrons. The molecular weight excluding hydrogens is 356 g/mol. The van der Waals surface area contributed by atoms with E-state index in [2.05, 4.69) is 18.2 Å². The van der Waals surface area contributed by atoms with Gasteiger partial charge in [-0.05, 0) is 32.1 Å². The molecule has 0 spiro atoms. The second-order valence-corrected chi connectivity index (χ2v) is 7.64. The molecule has 0 heterocycles. The van der Waals surface area contributed by atoms with Crippen molar-refractivity contribution in [2.24, 2.45) is 11.8 Å². The fraction of sp³-hybridized carbons (Fsp3) is 0.652. The largest absolute Gasteiger partial charge is 0.469 e. The molecular formula is C23H36O5. The van der Waals surface area contributed by atoms with E-state index in [9.17, 15) is 19.8 Å². The standard InChI is InChI=1S/C23H36O5/c1-4-6-15-23(27,5-2)16-11-13-19-18(20(24)17-21(19)25)12-9-7-8-10-14-22(26)28-3/h5,7,9,11,13,18-19,21,25,27H,2,4,6,8,10,12,14-17H2,1,3H3/b9-7+,13-11+. The third kappa shape index (κ3) is 8.11. The molecule has 1 saturated carbocycles. The third-order valence-corrected chi connectivity index (χ3v) is 5.44. The number of allylic oxidation sites excluding steroid dienone is 2. The molecule has 0 aromatic heterocycles. The third-order valence-electron chi connectivity index (χ3n) is 5.44. The summed E-state index contributed by atoms with van der Waals surface area (Å²) in [7, 11) is 1.38. The molecule has 5 heteroatoms. The summed E-state index contributed by atoms with van der Waals surface area (Å²) in [6.07, 6.45) is 14.2. The number of aliphatic hydroxyl groups excluding tert-OH is 1. The van der Waals surface area contributed by atoms with Crippen molar-refractivity contribution in [2.75, 3.05) is 7.11 Å². The summed E-state index contributed by atoms with van der Waals surface area (Å²) in [5, 5.41) is 20.8. The smallest absolute Gasteiger partial charge is 0.305 e. The van der Waals surface area contributed by atoms with Crippen LogP contribution >= 0.6 is 0 Å². The van der Waals surface area contributed by atoms with Crippen LogP contribution in [0.4, 0.5) is 0 Å². The second-order valence-electron chi connectivity index (χ2n) is 7.64. The van der Waals surface area contributed by atoms with Gasteiger partial charge in [0, 0.05) is 24.7 Å². The Kier molecular flexibility index (Phi) is 11.0. The maximum atomic E-state index is 12.2. The molecule has 0 saturated heterocycles. The van der Waals surface area contributed by atoms with Crippen molar-refractivity contribution in [1.82, 2.24) is 0 Å². The molecule has 0 radical (unpaired) electrons. The van der Waals surface area contributed by atoms with Crippen molar-refractivity contribution >= 4 is 11.8 Å². The normalized spacial score (nSPS) is 24.7. The van der Waals surface area contributed by atoms with Gasteiger partial charge >= 0.3 is 5.97 Å². The van der Waals surface area contributed by atoms with Gasteiger partial charge in [-0.2, -0.15) is 0 Å². The summed E-state index contributed by atoms with van der Waals surface area (Å²) in [4.78, 5) is 23.3. The summed E-state index contributed by atoms with van der Waals surface area (Å²) >= 11 is 0. The zero-order chi connectivity index (χ0) is 21.0. The van der Waals surface area contributed by atoms with E-state index >= 15 is 0 Å². The van der Waals surface area contributed by atoms with Gasteiger partial charge in [-0.3, -0.25) is 9.59 Å². The van der Waals surface area contributed by atoms with Crippen LogP contribution in [-0.2, 0) is 14.3 Å². The summed E-state index contributed by atoms with van der Waals surface area (Å²) < 4.78 is 4.60. The number of esters is 1. The molecule has 0 bridgehead atoms. The van der Waals surface area contributed by atoms with Gasteiger partial charge in [0.25, 0.3) is 0 Å². The highest BCUT2D eigenvalue weighted by atomic mass is 16.5. The zero-order valence-electron chi connectivity index (χ0n) is 17.3. The number of ketones is 1. The van der Waals surface area contributed by atoms with E-state index in [4.69, 9.17) is 0 Å². The Morgan fingerprint density at radius 2 is 2.07 bits per heavy atom. The molecule has 1 fully saturated rings. The van der Waals surface area contributed by atoms with Crippen LogP contribution in [0.15, 0.2) is 37.0 Å². The van der Waals surface area contributed by atoms with Crippen LogP contribution in [-0.4, -0.2) is 40.8 Å². The number of carbonyl (C=O) groups excluding carboxylic acids is 2. The Morgan fingerprint density at radius 1 is 1.32 bits per heavy atom. The molecule has 1 aliphatic carbocycles. The Bertz CT molecular complexity index is 565. The molecule has 0 aromatic carbocycles. The lowest BCUT2D eigenvalue weighted by atomic mass is 9.88. The maximum absolute atomic E-state index is 12.2. The van der Waals surface area contributed by atoms with Crippen LogP contribution in [0.2, 0.25) is 0 Å². The molecule has 0 aromatic rings. The van der Waals surface area contributed by atoms with Crippen molar-refractivity contribution in [3.8, 4) is 0 Å². The Hall–Kier alpha value is -1.72. The maximum Gasteiger partial charge on any atom is 0.305 e. The summed E-state index contributed by atoms with van der Waals surface area (Å²) in [5.41, 5.74) is -0.935. The summed E-state index contributed by atoms with van der Waals surface area (Å²) in [6, 6.07) is 0. The number of methoxy groups -OCH3 is 1. The summed E-state index contributed by atoms with van der Waals surface area (Å²) in [5.74, 6) is -0.611. The van der Waals surface area contributed by atoms with Crippen molar-refractivity contribution in [3.63, 3.8) is 0 Å². The number of hydrogen-bond donors (Lipinski definition) is 2. The van der Waals surface area contributed by atoms with Gasteiger partial charge in [-0.1, -0.05) is 50.1 Å². The molecule has 0 amide bonds. The predicted molar refractivity (Wildman–Crippen MR) is 111 cm³/mol. The van der Waals surface area contributed by atoms with Gasteiger partial charge in [0.15, 0.2) is 0 Å². The minimum atomic E-state index is -0.935. The molecule has 2 N–H and O–H groups in total. The first-order chi connectivity index (χ1) is 13.4. The van der Waals surface area contributed by atoms with Crippen LogP contribution in [0.25, 0.3) is 0 Å². The minimum absolute atomic E-state index is 0.0753. The first kappa shape index (κ1) is 24.3. The Labute approximate surface area is 169 Å². The van der Waals surface area contributed by atoms with Crippen LogP contribution < -0.4 is 0 Å². The number of rotatable bonds is 13. The minimum Gasteiger partial charge on any atom is -0.469 e. The molecule has 0 aliphatic heterocycles. The average Bonchev–Trinajstić information content (AvgIpc) is 2.95. The van der Waals surface area contributed by atoms with E-state index in [1.807, 2.05) is 24.3 Å². The second kappa shape index (κ2) is 12.7. The number of hydrogen-bond acceptors (Lipinski definition) is 5. The first-order valence-corrected chi connectivity index (χ1v) is 10.3. The monoisotopic (exact) mass is 392 g/mol. The van der Waals surface area contributed by atoms with E-state index in [0.717, 1.165) is 19.3 Å². The highest BCUT2D eigenvalue weighted by Gasteiger charge is 2.39. The Morgan fingerprint density at radius 3 is 2.71 bits per heavy atom. The van der Waals surface area contributed by atoms with E-state index in [-0.39, 0.29) is 30.0 Å². The molecule has 1 rings (SSSR count). The Balaban J connectivity index is 2.57. The fourth-order valence-corrected chi connectivity index (χ4v) is 3.55. The van der Waals surface area contributed by atoms with E-state index in [0.29, 0.717) is 32.1 Å². The SMILES string of the molecule is C=CC(O)(C/C=C/C1C(O)CC(=O)C1C/C=C/CCCC(=O)OC)CCCC. The van der Waals surface area contributed by atoms with Gasteiger partial charge in [-0.15, -0.1) is 6.58 Å². The van der Waals surface area contributed by atoms with Crippen LogP contribution in [0.1, 0.15) is 64.7 Å². The topological polar surface area (TPSA) is 83.8 Å². The first-order valence-electron chi connectivity index (χ1n) is 10.3. The highest BCUT2D eigenvalue weighted by molar-refractivity contribution is 5.84. The fourth-order valence-electron chi connectivity index (χ4n) is 3.55. The average molecular weight is 393 g/mol. The predicted octanol–water partition coefficient (Wildman–Crippen LogP) is 3.90. The van der Waals surface area contributed by atoms with Crippen molar-refractivity contribution in [1.29, 1.82) is 0 Å². The van der Waals surface area contributed by atoms with Gasteiger partial charge in [0.1, 0.15) is 5.78 Å². The van der Waals surface area contributed by atoms with Crippen molar-refractivity contribution in [2.45, 2.75) is 76.4 Å². The van der Waals surface area contributed by atoms with Crippen molar-refractivity contribution in [3.05, 3.63) is 37.0 Å². The summed E-state index contributed by atoms with van der Waals surface area (Å²) in [6.45, 7) is 5.81. The van der Waals surface area contributed by atoms with E-state index in [1.165, 1.54) is 7.11 Å². The lowest BCUT2D eigenvalue weighted by molar-refractivity contribution is -0.140. The molecule has 4 unspecified atom stereocenters. The van der Waals surface area contributed by atoms with Gasteiger partial charge in [-0.25, -0.2) is 0 Å². The van der Waals surface area contributed by atoms with Crippen LogP contribution in [0.3, 0.4) is 0 Å². The molecule has 5 nitrogen and oxygen atoms in total. The number of ether oxygens (including phenoxy) is 1.